The van der Waals surface area contributed by atoms with Crippen molar-refractivity contribution in [2.75, 3.05) is 6.61 Å². The minimum atomic E-state index is -2.84. The molecule has 1 aliphatic heterocycles. The van der Waals surface area contributed by atoms with Gasteiger partial charge in [-0.2, -0.15) is 0 Å². The Bertz CT molecular complexity index is 159. The van der Waals surface area contributed by atoms with Gasteiger partial charge in [-0.05, 0) is 6.42 Å². The first-order valence-electron chi connectivity index (χ1n) is 3.23. The molecule has 1 heterocycles. The van der Waals surface area contributed by atoms with Crippen molar-refractivity contribution in [2.45, 2.75) is 24.9 Å². The maximum absolute atomic E-state index is 12.3. The Labute approximate surface area is 62.0 Å². The third-order valence-electron chi connectivity index (χ3n) is 1.54. The third-order valence-corrected chi connectivity index (χ3v) is 1.54. The van der Waals surface area contributed by atoms with Gasteiger partial charge >= 0.3 is 5.97 Å². The first-order valence-corrected chi connectivity index (χ1v) is 3.23. The smallest absolute Gasteiger partial charge is 0.332 e. The summed E-state index contributed by atoms with van der Waals surface area (Å²) >= 11 is 0. The molecule has 5 heteroatoms. The van der Waals surface area contributed by atoms with Gasteiger partial charge in [0, 0.05) is 6.42 Å². The fourth-order valence-electron chi connectivity index (χ4n) is 0.915. The van der Waals surface area contributed by atoms with Crippen LogP contribution in [0.25, 0.3) is 0 Å². The summed E-state index contributed by atoms with van der Waals surface area (Å²) in [5.41, 5.74) is 0. The molecule has 0 bridgehead atoms. The van der Waals surface area contributed by atoms with Crippen LogP contribution >= 0.6 is 0 Å². The largest absolute Gasteiger partial charge is 0.479 e. The van der Waals surface area contributed by atoms with E-state index in [0.717, 1.165) is 0 Å². The molecule has 1 N–H and O–H groups in total. The Morgan fingerprint density at radius 1 is 1.64 bits per heavy atom. The Morgan fingerprint density at radius 3 is 2.64 bits per heavy atom. The molecule has 0 aliphatic carbocycles. The van der Waals surface area contributed by atoms with Gasteiger partial charge in [0.05, 0.1) is 0 Å². The molecule has 0 spiro atoms. The van der Waals surface area contributed by atoms with Crippen molar-refractivity contribution < 1.29 is 23.4 Å². The summed E-state index contributed by atoms with van der Waals surface area (Å²) < 4.78 is 29.1. The molecular formula is C6H8F2O3. The predicted molar refractivity (Wildman–Crippen MR) is 31.6 cm³/mol. The minimum absolute atomic E-state index is 0.109. The van der Waals surface area contributed by atoms with Crippen molar-refractivity contribution >= 4 is 5.97 Å². The molecule has 1 saturated heterocycles. The van der Waals surface area contributed by atoms with Crippen LogP contribution in [0.4, 0.5) is 8.78 Å². The van der Waals surface area contributed by atoms with Crippen molar-refractivity contribution in [2.24, 2.45) is 0 Å². The highest BCUT2D eigenvalue weighted by molar-refractivity contribution is 5.72. The first kappa shape index (κ1) is 8.39. The molecule has 0 radical (unpaired) electrons. The van der Waals surface area contributed by atoms with Crippen molar-refractivity contribution in [3.63, 3.8) is 0 Å². The van der Waals surface area contributed by atoms with Gasteiger partial charge in [0.25, 0.3) is 5.92 Å². The van der Waals surface area contributed by atoms with Gasteiger partial charge in [-0.25, -0.2) is 13.6 Å². The lowest BCUT2D eigenvalue weighted by Gasteiger charge is -2.25. The molecule has 0 aromatic rings. The lowest BCUT2D eigenvalue weighted by molar-refractivity contribution is -0.175. The number of carbonyl (C=O) groups is 1. The number of hydrogen-bond acceptors (Lipinski definition) is 2. The molecule has 1 fully saturated rings. The van der Waals surface area contributed by atoms with Crippen molar-refractivity contribution in [1.29, 1.82) is 0 Å². The molecule has 0 unspecified atom stereocenters. The van der Waals surface area contributed by atoms with E-state index < -0.39 is 31.0 Å². The van der Waals surface area contributed by atoms with Crippen LogP contribution in [0.5, 0.6) is 0 Å². The van der Waals surface area contributed by atoms with Crippen molar-refractivity contribution in [3.8, 4) is 0 Å². The Kier molecular flexibility index (Phi) is 2.08. The van der Waals surface area contributed by atoms with E-state index >= 15 is 0 Å². The van der Waals surface area contributed by atoms with E-state index in [1.165, 1.54) is 0 Å². The second-order valence-electron chi connectivity index (χ2n) is 2.53. The summed E-state index contributed by atoms with van der Waals surface area (Å²) in [6.45, 7) is -0.774. The summed E-state index contributed by atoms with van der Waals surface area (Å²) in [5.74, 6) is -4.01. The number of halogens is 2. The number of ether oxygens (including phenoxy) is 1. The van der Waals surface area contributed by atoms with Crippen LogP contribution in [0.15, 0.2) is 0 Å². The van der Waals surface area contributed by atoms with Crippen molar-refractivity contribution in [3.05, 3.63) is 0 Å². The first-order chi connectivity index (χ1) is 5.01. The van der Waals surface area contributed by atoms with Gasteiger partial charge in [0.15, 0.2) is 6.10 Å². The lowest BCUT2D eigenvalue weighted by Crippen LogP contribution is -2.38. The fraction of sp³-hybridized carbons (Fsp3) is 0.833. The summed E-state index contributed by atoms with van der Waals surface area (Å²) in [6.07, 6.45) is -1.55. The van der Waals surface area contributed by atoms with E-state index in [-0.39, 0.29) is 6.42 Å². The number of rotatable bonds is 1. The van der Waals surface area contributed by atoms with Crippen LogP contribution in [0.1, 0.15) is 12.8 Å². The van der Waals surface area contributed by atoms with E-state index in [4.69, 9.17) is 5.11 Å². The SMILES string of the molecule is O=C(O)[C@H]1CCC(F)(F)CO1. The zero-order valence-corrected chi connectivity index (χ0v) is 5.72. The van der Waals surface area contributed by atoms with E-state index in [0.29, 0.717) is 0 Å². The van der Waals surface area contributed by atoms with Crippen LogP contribution in [-0.4, -0.2) is 29.7 Å². The molecule has 0 aromatic heterocycles. The van der Waals surface area contributed by atoms with E-state index in [9.17, 15) is 13.6 Å². The van der Waals surface area contributed by atoms with Gasteiger partial charge in [-0.15, -0.1) is 0 Å². The molecular weight excluding hydrogens is 158 g/mol. The fourth-order valence-corrected chi connectivity index (χ4v) is 0.915. The molecule has 0 saturated carbocycles. The summed E-state index contributed by atoms with van der Waals surface area (Å²) in [5, 5.41) is 8.34. The quantitative estimate of drug-likeness (QED) is 0.629. The van der Waals surface area contributed by atoms with Crippen LogP contribution in [0.3, 0.4) is 0 Å². The standard InChI is InChI=1S/C6H8F2O3/c7-6(8)2-1-4(5(9)10)11-3-6/h4H,1-3H2,(H,9,10)/t4-/m1/s1. The molecule has 11 heavy (non-hydrogen) atoms. The number of hydrogen-bond donors (Lipinski definition) is 1. The molecule has 1 atom stereocenters. The average Bonchev–Trinajstić information content (AvgIpc) is 1.86. The maximum atomic E-state index is 12.3. The highest BCUT2D eigenvalue weighted by Crippen LogP contribution is 2.27. The molecule has 1 rings (SSSR count). The molecule has 3 nitrogen and oxygen atoms in total. The highest BCUT2D eigenvalue weighted by atomic mass is 19.3. The molecule has 0 aromatic carbocycles. The molecule has 1 aliphatic rings. The second kappa shape index (κ2) is 2.73. The van der Waals surface area contributed by atoms with E-state index in [1.807, 2.05) is 0 Å². The Balaban J connectivity index is 2.42. The third kappa shape index (κ3) is 2.11. The summed E-state index contributed by atoms with van der Waals surface area (Å²) in [4.78, 5) is 10.2. The lowest BCUT2D eigenvalue weighted by atomic mass is 10.1. The number of carboxylic acids is 1. The number of carboxylic acid groups (broad SMARTS) is 1. The van der Waals surface area contributed by atoms with Crippen LogP contribution in [-0.2, 0) is 9.53 Å². The van der Waals surface area contributed by atoms with Gasteiger partial charge in [0.2, 0.25) is 0 Å². The van der Waals surface area contributed by atoms with E-state index in [2.05, 4.69) is 4.74 Å². The minimum Gasteiger partial charge on any atom is -0.479 e. The van der Waals surface area contributed by atoms with Gasteiger partial charge < -0.3 is 9.84 Å². The van der Waals surface area contributed by atoms with Crippen molar-refractivity contribution in [1.82, 2.24) is 0 Å². The molecule has 64 valence electrons. The zero-order chi connectivity index (χ0) is 8.48. The Morgan fingerprint density at radius 2 is 2.27 bits per heavy atom. The molecule has 0 amide bonds. The second-order valence-corrected chi connectivity index (χ2v) is 2.53. The van der Waals surface area contributed by atoms with Crippen LogP contribution in [0, 0.1) is 0 Å². The summed E-state index contributed by atoms with van der Waals surface area (Å²) in [7, 11) is 0. The van der Waals surface area contributed by atoms with Gasteiger partial charge in [-0.1, -0.05) is 0 Å². The maximum Gasteiger partial charge on any atom is 0.332 e. The van der Waals surface area contributed by atoms with Gasteiger partial charge in [0.1, 0.15) is 6.61 Å². The average molecular weight is 166 g/mol. The zero-order valence-electron chi connectivity index (χ0n) is 5.72. The van der Waals surface area contributed by atoms with Gasteiger partial charge in [-0.3, -0.25) is 0 Å². The van der Waals surface area contributed by atoms with Crippen LogP contribution < -0.4 is 0 Å². The Hall–Kier alpha value is -0.710. The highest BCUT2D eigenvalue weighted by Gasteiger charge is 2.38. The normalized spacial score (nSPS) is 29.8. The summed E-state index contributed by atoms with van der Waals surface area (Å²) in [6, 6.07) is 0. The number of aliphatic carboxylic acids is 1. The number of alkyl halides is 2. The monoisotopic (exact) mass is 166 g/mol. The van der Waals surface area contributed by atoms with E-state index in [1.54, 1.807) is 0 Å². The predicted octanol–water partition coefficient (Wildman–Crippen LogP) is 0.885. The van der Waals surface area contributed by atoms with Crippen LogP contribution in [0.2, 0.25) is 0 Å². The topological polar surface area (TPSA) is 46.5 Å².